The Kier molecular flexibility index (Phi) is 78.5. The summed E-state index contributed by atoms with van der Waals surface area (Å²) in [5.74, 6) is -0.809. The Labute approximate surface area is 622 Å². The Hall–Kier alpha value is -2.55. The van der Waals surface area contributed by atoms with Crippen LogP contribution in [-0.4, -0.2) is 70.0 Å². The van der Waals surface area contributed by atoms with Crippen molar-refractivity contribution in [3.05, 3.63) is 72.9 Å². The molecule has 2 unspecified atom stereocenters. The number of carbonyl (C=O) groups is 2. The number of unbranched alkanes of at least 4 members (excludes halogenated alkanes) is 56. The molecule has 9 nitrogen and oxygen atoms in total. The third kappa shape index (κ3) is 84.4. The number of hydrogen-bond donors (Lipinski definition) is 0. The van der Waals surface area contributed by atoms with Crippen molar-refractivity contribution in [1.29, 1.82) is 0 Å². The van der Waals surface area contributed by atoms with Gasteiger partial charge >= 0.3 is 11.9 Å². The minimum absolute atomic E-state index is 0.0287. The maximum atomic E-state index is 12.9. The van der Waals surface area contributed by atoms with Gasteiger partial charge in [-0.2, -0.15) is 0 Å². The maximum Gasteiger partial charge on any atom is 0.306 e. The van der Waals surface area contributed by atoms with Crippen LogP contribution in [-0.2, 0) is 32.7 Å². The molecular formula is C90H168NO8P. The van der Waals surface area contributed by atoms with Crippen LogP contribution in [0.25, 0.3) is 0 Å². The van der Waals surface area contributed by atoms with Gasteiger partial charge in [-0.3, -0.25) is 14.2 Å². The second kappa shape index (κ2) is 80.5. The molecule has 0 aliphatic rings. The van der Waals surface area contributed by atoms with Crippen molar-refractivity contribution < 1.29 is 42.1 Å². The zero-order chi connectivity index (χ0) is 72.5. The topological polar surface area (TPSA) is 111 Å². The van der Waals surface area contributed by atoms with Gasteiger partial charge in [-0.25, -0.2) is 0 Å². The van der Waals surface area contributed by atoms with Crippen LogP contribution in [0.15, 0.2) is 72.9 Å². The first-order valence-corrected chi connectivity index (χ1v) is 45.1. The lowest BCUT2D eigenvalue weighted by Gasteiger charge is -2.28. The van der Waals surface area contributed by atoms with E-state index in [9.17, 15) is 19.0 Å². The molecule has 0 bridgehead atoms. The van der Waals surface area contributed by atoms with Crippen LogP contribution in [0.3, 0.4) is 0 Å². The Bertz CT molecular complexity index is 1920. The van der Waals surface area contributed by atoms with Crippen molar-refractivity contribution in [1.82, 2.24) is 0 Å². The highest BCUT2D eigenvalue weighted by Crippen LogP contribution is 2.38. The summed E-state index contributed by atoms with van der Waals surface area (Å²) in [5, 5.41) is 0. The number of allylic oxidation sites excluding steroid dienone is 12. The van der Waals surface area contributed by atoms with Crippen molar-refractivity contribution in [2.75, 3.05) is 47.5 Å². The zero-order valence-corrected chi connectivity index (χ0v) is 68.1. The molecule has 0 radical (unpaired) electrons. The molecule has 2 atom stereocenters. The Balaban J connectivity index is 3.88. The molecule has 0 saturated heterocycles. The average Bonchev–Trinajstić information content (AvgIpc) is 1.07. The van der Waals surface area contributed by atoms with Crippen molar-refractivity contribution in [2.45, 2.75) is 444 Å². The van der Waals surface area contributed by atoms with E-state index in [-0.39, 0.29) is 32.0 Å². The van der Waals surface area contributed by atoms with E-state index in [0.717, 1.165) is 57.8 Å². The maximum absolute atomic E-state index is 12.9. The molecule has 100 heavy (non-hydrogen) atoms. The quantitative estimate of drug-likeness (QED) is 0.0195. The van der Waals surface area contributed by atoms with Crippen LogP contribution in [0.2, 0.25) is 0 Å². The van der Waals surface area contributed by atoms with Gasteiger partial charge in [-0.1, -0.05) is 408 Å². The summed E-state index contributed by atoms with van der Waals surface area (Å²) in [4.78, 5) is 38.2. The second-order valence-electron chi connectivity index (χ2n) is 30.9. The third-order valence-electron chi connectivity index (χ3n) is 19.7. The molecule has 0 saturated carbocycles. The zero-order valence-electron chi connectivity index (χ0n) is 67.2. The van der Waals surface area contributed by atoms with E-state index in [1.807, 2.05) is 21.1 Å². The highest BCUT2D eigenvalue weighted by Gasteiger charge is 2.22. The van der Waals surface area contributed by atoms with Crippen molar-refractivity contribution >= 4 is 19.8 Å². The van der Waals surface area contributed by atoms with E-state index in [0.29, 0.717) is 17.4 Å². The first-order chi connectivity index (χ1) is 49.0. The predicted molar refractivity (Wildman–Crippen MR) is 434 cm³/mol. The molecule has 0 amide bonds. The smallest absolute Gasteiger partial charge is 0.306 e. The Morgan fingerprint density at radius 1 is 0.310 bits per heavy atom. The fourth-order valence-electron chi connectivity index (χ4n) is 13.0. The fraction of sp³-hybridized carbons (Fsp3) is 0.844. The number of carbonyl (C=O) groups excluding carboxylic acids is 2. The number of ether oxygens (including phenoxy) is 2. The lowest BCUT2D eigenvalue weighted by atomic mass is 10.0. The molecule has 0 aromatic rings. The molecule has 586 valence electrons. The monoisotopic (exact) mass is 1420 g/mol. The largest absolute Gasteiger partial charge is 0.756 e. The standard InChI is InChI=1S/C90H168NO8P/c1-6-8-10-12-14-16-18-20-22-24-26-28-30-32-34-36-38-40-42-44-45-47-49-51-53-55-57-59-61-63-65-67-69-71-73-75-77-79-81-83-90(93)99-88(87-98-100(94,95)97-85-84-91(3,4)5)86-96-89(92)82-80-78-76-74-72-70-68-66-64-62-60-58-56-54-52-50-48-46-43-41-39-37-35-33-31-29-27-25-23-21-19-17-15-13-11-9-7-2/h18-21,24-27,30-33,88H,6-17,22-23,28-29,34-87H2,1-5H3/b20-18-,21-19-,26-24-,27-25-,32-30-,33-31-. The molecular weight excluding hydrogens is 1250 g/mol. The minimum atomic E-state index is -4.65. The Morgan fingerprint density at radius 2 is 0.540 bits per heavy atom. The summed E-state index contributed by atoms with van der Waals surface area (Å²) in [7, 11) is 1.19. The lowest BCUT2D eigenvalue weighted by Crippen LogP contribution is -2.37. The second-order valence-corrected chi connectivity index (χ2v) is 32.3. The van der Waals surface area contributed by atoms with E-state index in [2.05, 4.69) is 86.8 Å². The summed E-state index contributed by atoms with van der Waals surface area (Å²) < 4.78 is 34.5. The van der Waals surface area contributed by atoms with Gasteiger partial charge in [0, 0.05) is 12.8 Å². The number of hydrogen-bond acceptors (Lipinski definition) is 8. The molecule has 0 fully saturated rings. The Morgan fingerprint density at radius 3 is 0.800 bits per heavy atom. The van der Waals surface area contributed by atoms with Crippen LogP contribution in [0.4, 0.5) is 0 Å². The van der Waals surface area contributed by atoms with Gasteiger partial charge < -0.3 is 27.9 Å². The summed E-state index contributed by atoms with van der Waals surface area (Å²) in [6, 6.07) is 0. The predicted octanol–water partition coefficient (Wildman–Crippen LogP) is 28.8. The molecule has 0 spiro atoms. The van der Waals surface area contributed by atoms with E-state index < -0.39 is 26.5 Å². The van der Waals surface area contributed by atoms with Gasteiger partial charge in [0.15, 0.2) is 6.10 Å². The van der Waals surface area contributed by atoms with Crippen LogP contribution in [0, 0.1) is 0 Å². The van der Waals surface area contributed by atoms with Crippen molar-refractivity contribution in [3.63, 3.8) is 0 Å². The number of phosphoric ester groups is 1. The van der Waals surface area contributed by atoms with Gasteiger partial charge in [0.2, 0.25) is 0 Å². The molecule has 10 heteroatoms. The van der Waals surface area contributed by atoms with Crippen molar-refractivity contribution in [3.8, 4) is 0 Å². The molecule has 0 N–H and O–H groups in total. The van der Waals surface area contributed by atoms with Gasteiger partial charge in [0.25, 0.3) is 7.82 Å². The lowest BCUT2D eigenvalue weighted by molar-refractivity contribution is -0.870. The molecule has 0 aromatic carbocycles. The number of rotatable bonds is 82. The van der Waals surface area contributed by atoms with E-state index in [1.54, 1.807) is 0 Å². The first kappa shape index (κ1) is 97.4. The number of nitrogens with zero attached hydrogens (tertiary/aromatic N) is 1. The summed E-state index contributed by atoms with van der Waals surface area (Å²) in [6.07, 6.45) is 111. The third-order valence-corrected chi connectivity index (χ3v) is 20.7. The number of likely N-dealkylation sites (N-methyl/N-ethyl adjacent to an activating group) is 1. The SMILES string of the molecule is CCCCCCC/C=C\C/C=C\C/C=C\CCCCCCCCCCCCCCCCCCCCCCCCCCC(=O)OC(COC(=O)CCCCCCCCCCCCCCCCCCCCCCCC/C=C\C/C=C\C/C=C\CCCCCCC)COP(=O)([O-])OCC[N+](C)(C)C. The normalized spacial score (nSPS) is 13.3. The highest BCUT2D eigenvalue weighted by molar-refractivity contribution is 7.45. The molecule has 0 aliphatic carbocycles. The molecule has 0 aliphatic heterocycles. The molecule has 0 rings (SSSR count). The summed E-state index contributed by atoms with van der Waals surface area (Å²) in [6.45, 7) is 4.29. The van der Waals surface area contributed by atoms with Crippen LogP contribution < -0.4 is 4.89 Å². The number of quaternary nitrogens is 1. The van der Waals surface area contributed by atoms with Gasteiger partial charge in [-0.15, -0.1) is 0 Å². The van der Waals surface area contributed by atoms with E-state index >= 15 is 0 Å². The number of esters is 2. The van der Waals surface area contributed by atoms with Gasteiger partial charge in [-0.05, 0) is 89.9 Å². The van der Waals surface area contributed by atoms with E-state index in [4.69, 9.17) is 18.5 Å². The first-order valence-electron chi connectivity index (χ1n) is 43.6. The average molecular weight is 1420 g/mol. The molecule has 0 aromatic heterocycles. The van der Waals surface area contributed by atoms with Crippen LogP contribution >= 0.6 is 7.82 Å². The number of phosphoric acid groups is 1. The van der Waals surface area contributed by atoms with E-state index in [1.165, 1.54) is 347 Å². The van der Waals surface area contributed by atoms with Crippen LogP contribution in [0.5, 0.6) is 0 Å². The van der Waals surface area contributed by atoms with Gasteiger partial charge in [0.1, 0.15) is 19.8 Å². The van der Waals surface area contributed by atoms with Crippen LogP contribution in [0.1, 0.15) is 438 Å². The molecule has 0 heterocycles. The summed E-state index contributed by atoms with van der Waals surface area (Å²) >= 11 is 0. The summed E-state index contributed by atoms with van der Waals surface area (Å²) in [5.41, 5.74) is 0. The van der Waals surface area contributed by atoms with Gasteiger partial charge in [0.05, 0.1) is 27.7 Å². The fourth-order valence-corrected chi connectivity index (χ4v) is 13.8. The highest BCUT2D eigenvalue weighted by atomic mass is 31.2. The minimum Gasteiger partial charge on any atom is -0.756 e. The van der Waals surface area contributed by atoms with Crippen molar-refractivity contribution in [2.24, 2.45) is 0 Å².